The predicted molar refractivity (Wildman–Crippen MR) is 65.6 cm³/mol. The molecule has 0 bridgehead atoms. The van der Waals surface area contributed by atoms with Crippen LogP contribution in [0.4, 0.5) is 0 Å². The van der Waals surface area contributed by atoms with E-state index in [0.29, 0.717) is 11.5 Å². The van der Waals surface area contributed by atoms with Gasteiger partial charge in [0.15, 0.2) is 0 Å². The summed E-state index contributed by atoms with van der Waals surface area (Å²) in [5, 5.41) is 3.49. The van der Waals surface area contributed by atoms with E-state index >= 15 is 0 Å². The highest BCUT2D eigenvalue weighted by molar-refractivity contribution is 4.72. The van der Waals surface area contributed by atoms with Crippen LogP contribution in [0, 0.1) is 11.3 Å². The van der Waals surface area contributed by atoms with Gasteiger partial charge in [0.25, 0.3) is 0 Å². The molecule has 0 aromatic heterocycles. The average Bonchev–Trinajstić information content (AvgIpc) is 2.02. The Kier molecular flexibility index (Phi) is 6.43. The molecule has 0 heterocycles. The second-order valence-electron chi connectivity index (χ2n) is 5.74. The van der Waals surface area contributed by atoms with Crippen LogP contribution in [0.2, 0.25) is 0 Å². The second-order valence-corrected chi connectivity index (χ2v) is 5.74. The molecule has 0 saturated carbocycles. The van der Waals surface area contributed by atoms with Gasteiger partial charge in [-0.15, -0.1) is 0 Å². The van der Waals surface area contributed by atoms with E-state index in [0.717, 1.165) is 12.5 Å². The van der Waals surface area contributed by atoms with Crippen molar-refractivity contribution in [3.63, 3.8) is 0 Å². The predicted octanol–water partition coefficient (Wildman–Crippen LogP) is 3.84. The van der Waals surface area contributed by atoms with Crippen molar-refractivity contribution in [1.29, 1.82) is 0 Å². The molecule has 86 valence electrons. The van der Waals surface area contributed by atoms with Gasteiger partial charge in [-0.3, -0.25) is 0 Å². The highest BCUT2D eigenvalue weighted by Gasteiger charge is 2.19. The van der Waals surface area contributed by atoms with Crippen LogP contribution in [0.1, 0.15) is 60.8 Å². The molecule has 1 atom stereocenters. The van der Waals surface area contributed by atoms with E-state index < -0.39 is 0 Å². The van der Waals surface area contributed by atoms with Crippen LogP contribution in [-0.2, 0) is 0 Å². The number of hydrogen-bond donors (Lipinski definition) is 1. The zero-order valence-corrected chi connectivity index (χ0v) is 11.0. The third kappa shape index (κ3) is 7.37. The molecule has 0 aromatic carbocycles. The molecule has 1 unspecified atom stereocenters. The molecular weight excluding hydrogens is 170 g/mol. The Bertz CT molecular complexity index is 138. The SMILES string of the molecule is CCC(C)CC(C)(C)CCNC(C)C. The standard InChI is InChI=1S/C13H29N/c1-7-12(4)10-13(5,6)8-9-14-11(2)3/h11-12,14H,7-10H2,1-6H3. The van der Waals surface area contributed by atoms with Gasteiger partial charge in [0, 0.05) is 6.04 Å². The van der Waals surface area contributed by atoms with Crippen LogP contribution in [0.5, 0.6) is 0 Å². The van der Waals surface area contributed by atoms with Crippen molar-refractivity contribution in [3.05, 3.63) is 0 Å². The smallest absolute Gasteiger partial charge is 0.00103 e. The van der Waals surface area contributed by atoms with Gasteiger partial charge in [0.05, 0.1) is 0 Å². The van der Waals surface area contributed by atoms with Crippen molar-refractivity contribution in [3.8, 4) is 0 Å². The highest BCUT2D eigenvalue weighted by Crippen LogP contribution is 2.29. The molecule has 0 aliphatic carbocycles. The van der Waals surface area contributed by atoms with Crippen LogP contribution < -0.4 is 5.32 Å². The van der Waals surface area contributed by atoms with Gasteiger partial charge < -0.3 is 5.32 Å². The molecule has 1 N–H and O–H groups in total. The lowest BCUT2D eigenvalue weighted by molar-refractivity contribution is 0.248. The molecule has 0 fully saturated rings. The molecular formula is C13H29N. The minimum atomic E-state index is 0.497. The van der Waals surface area contributed by atoms with E-state index in [9.17, 15) is 0 Å². The lowest BCUT2D eigenvalue weighted by Crippen LogP contribution is -2.28. The quantitative estimate of drug-likeness (QED) is 0.657. The van der Waals surface area contributed by atoms with Gasteiger partial charge in [-0.2, -0.15) is 0 Å². The van der Waals surface area contributed by atoms with Crippen LogP contribution in [0.25, 0.3) is 0 Å². The summed E-state index contributed by atoms with van der Waals surface area (Å²) in [6.45, 7) is 15.0. The first kappa shape index (κ1) is 14.0. The molecule has 0 radical (unpaired) electrons. The number of hydrogen-bond acceptors (Lipinski definition) is 1. The van der Waals surface area contributed by atoms with Gasteiger partial charge in [0.2, 0.25) is 0 Å². The summed E-state index contributed by atoms with van der Waals surface area (Å²) in [4.78, 5) is 0. The molecule has 0 amide bonds. The highest BCUT2D eigenvalue weighted by atomic mass is 14.9. The van der Waals surface area contributed by atoms with Crippen LogP contribution >= 0.6 is 0 Å². The van der Waals surface area contributed by atoms with Crippen molar-refractivity contribution in [2.45, 2.75) is 66.8 Å². The van der Waals surface area contributed by atoms with E-state index in [-0.39, 0.29) is 0 Å². The van der Waals surface area contributed by atoms with Crippen molar-refractivity contribution in [2.24, 2.45) is 11.3 Å². The summed E-state index contributed by atoms with van der Waals surface area (Å²) in [5.41, 5.74) is 0.497. The van der Waals surface area contributed by atoms with E-state index in [1.165, 1.54) is 19.3 Å². The largest absolute Gasteiger partial charge is 0.315 e. The van der Waals surface area contributed by atoms with Gasteiger partial charge in [0.1, 0.15) is 0 Å². The summed E-state index contributed by atoms with van der Waals surface area (Å²) in [6.07, 6.45) is 3.94. The summed E-state index contributed by atoms with van der Waals surface area (Å²) in [5.74, 6) is 0.865. The molecule has 0 aliphatic heterocycles. The second kappa shape index (κ2) is 6.44. The minimum Gasteiger partial charge on any atom is -0.315 e. The van der Waals surface area contributed by atoms with Gasteiger partial charge >= 0.3 is 0 Å². The first-order chi connectivity index (χ1) is 6.37. The van der Waals surface area contributed by atoms with Crippen molar-refractivity contribution >= 4 is 0 Å². The van der Waals surface area contributed by atoms with Crippen molar-refractivity contribution in [2.75, 3.05) is 6.54 Å². The Balaban J connectivity index is 3.71. The maximum atomic E-state index is 3.49. The fourth-order valence-electron chi connectivity index (χ4n) is 1.89. The van der Waals surface area contributed by atoms with Gasteiger partial charge in [-0.05, 0) is 30.7 Å². The number of nitrogens with one attached hydrogen (secondary N) is 1. The zero-order valence-electron chi connectivity index (χ0n) is 11.0. The lowest BCUT2D eigenvalue weighted by Gasteiger charge is -2.28. The maximum absolute atomic E-state index is 3.49. The van der Waals surface area contributed by atoms with E-state index in [2.05, 4.69) is 46.9 Å². The Morgan fingerprint density at radius 3 is 2.14 bits per heavy atom. The van der Waals surface area contributed by atoms with Crippen molar-refractivity contribution < 1.29 is 0 Å². The summed E-state index contributed by atoms with van der Waals surface area (Å²) in [7, 11) is 0. The molecule has 0 aromatic rings. The fourth-order valence-corrected chi connectivity index (χ4v) is 1.89. The molecule has 0 saturated heterocycles. The van der Waals surface area contributed by atoms with Crippen LogP contribution in [0.15, 0.2) is 0 Å². The van der Waals surface area contributed by atoms with Crippen LogP contribution in [0.3, 0.4) is 0 Å². The number of rotatable bonds is 7. The summed E-state index contributed by atoms with van der Waals surface area (Å²) >= 11 is 0. The molecule has 0 spiro atoms. The molecule has 1 heteroatoms. The monoisotopic (exact) mass is 199 g/mol. The third-order valence-electron chi connectivity index (χ3n) is 2.95. The van der Waals surface area contributed by atoms with E-state index in [4.69, 9.17) is 0 Å². The van der Waals surface area contributed by atoms with E-state index in [1.807, 2.05) is 0 Å². The maximum Gasteiger partial charge on any atom is 0.00103 e. The third-order valence-corrected chi connectivity index (χ3v) is 2.95. The molecule has 14 heavy (non-hydrogen) atoms. The first-order valence-corrected chi connectivity index (χ1v) is 6.10. The minimum absolute atomic E-state index is 0.497. The van der Waals surface area contributed by atoms with Crippen LogP contribution in [-0.4, -0.2) is 12.6 Å². The first-order valence-electron chi connectivity index (χ1n) is 6.10. The Hall–Kier alpha value is -0.0400. The summed E-state index contributed by atoms with van der Waals surface area (Å²) in [6, 6.07) is 0.620. The molecule has 1 nitrogen and oxygen atoms in total. The Morgan fingerprint density at radius 2 is 1.71 bits per heavy atom. The normalized spacial score (nSPS) is 14.8. The van der Waals surface area contributed by atoms with Gasteiger partial charge in [-0.25, -0.2) is 0 Å². The Labute approximate surface area is 90.7 Å². The van der Waals surface area contributed by atoms with E-state index in [1.54, 1.807) is 0 Å². The zero-order chi connectivity index (χ0) is 11.2. The lowest BCUT2D eigenvalue weighted by atomic mass is 9.80. The fraction of sp³-hybridized carbons (Fsp3) is 1.00. The summed E-state index contributed by atoms with van der Waals surface area (Å²) < 4.78 is 0. The average molecular weight is 199 g/mol. The molecule has 0 rings (SSSR count). The van der Waals surface area contributed by atoms with Crippen molar-refractivity contribution in [1.82, 2.24) is 5.32 Å². The molecule has 0 aliphatic rings. The topological polar surface area (TPSA) is 12.0 Å². The van der Waals surface area contributed by atoms with Gasteiger partial charge in [-0.1, -0.05) is 48.0 Å². The Morgan fingerprint density at radius 1 is 1.14 bits per heavy atom.